The average Bonchev–Trinajstić information content (AvgIpc) is 3.12. The van der Waals surface area contributed by atoms with Gasteiger partial charge in [-0.1, -0.05) is 48.5 Å². The van der Waals surface area contributed by atoms with Crippen LogP contribution in [-0.4, -0.2) is 25.9 Å². The molecule has 4 rings (SSSR count). The predicted octanol–water partition coefficient (Wildman–Crippen LogP) is 3.93. The first-order chi connectivity index (χ1) is 13.1. The molecule has 4 nitrogen and oxygen atoms in total. The van der Waals surface area contributed by atoms with Crippen LogP contribution in [0.3, 0.4) is 0 Å². The van der Waals surface area contributed by atoms with Crippen molar-refractivity contribution in [3.8, 4) is 0 Å². The average molecular weight is 364 g/mol. The van der Waals surface area contributed by atoms with Gasteiger partial charge in [-0.15, -0.1) is 0 Å². The summed E-state index contributed by atoms with van der Waals surface area (Å²) in [6.45, 7) is 0.313. The van der Waals surface area contributed by atoms with E-state index in [9.17, 15) is 4.39 Å². The van der Waals surface area contributed by atoms with E-state index in [4.69, 9.17) is 15.2 Å². The number of hydrogen-bond donors (Lipinski definition) is 1. The van der Waals surface area contributed by atoms with Crippen LogP contribution in [0.4, 0.5) is 4.39 Å². The third-order valence-electron chi connectivity index (χ3n) is 5.05. The molecular formula is C22H21FN2O2. The van der Waals surface area contributed by atoms with Gasteiger partial charge < -0.3 is 15.2 Å². The third kappa shape index (κ3) is 3.10. The number of ether oxygens (including phenoxy) is 2. The minimum atomic E-state index is -1.07. The fraction of sp³-hybridized carbons (Fsp3) is 0.227. The number of rotatable bonds is 4. The normalized spacial score (nSPS) is 24.5. The summed E-state index contributed by atoms with van der Waals surface area (Å²) in [5.41, 5.74) is 8.43. The number of hydrogen-bond acceptors (Lipinski definition) is 4. The number of halogens is 1. The summed E-state index contributed by atoms with van der Waals surface area (Å²) in [6.07, 6.45) is 2.75. The minimum Gasteiger partial charge on any atom is -0.497 e. The Balaban J connectivity index is 1.82. The molecule has 0 saturated carbocycles. The van der Waals surface area contributed by atoms with E-state index in [1.54, 1.807) is 19.3 Å². The Morgan fingerprint density at radius 2 is 1.93 bits per heavy atom. The molecule has 0 aromatic heterocycles. The van der Waals surface area contributed by atoms with Gasteiger partial charge in [0, 0.05) is 6.42 Å². The number of benzene rings is 2. The van der Waals surface area contributed by atoms with E-state index in [-0.39, 0.29) is 6.02 Å². The Kier molecular flexibility index (Phi) is 4.44. The van der Waals surface area contributed by atoms with E-state index in [0.717, 1.165) is 16.7 Å². The van der Waals surface area contributed by atoms with E-state index in [1.807, 2.05) is 54.6 Å². The smallest absolute Gasteiger partial charge is 0.283 e. The van der Waals surface area contributed by atoms with E-state index in [2.05, 4.69) is 4.99 Å². The van der Waals surface area contributed by atoms with Gasteiger partial charge in [-0.3, -0.25) is 0 Å². The third-order valence-corrected chi connectivity index (χ3v) is 5.05. The van der Waals surface area contributed by atoms with Gasteiger partial charge in [-0.2, -0.15) is 0 Å². The molecule has 2 unspecified atom stereocenters. The van der Waals surface area contributed by atoms with Crippen molar-refractivity contribution >= 4 is 11.6 Å². The van der Waals surface area contributed by atoms with Crippen molar-refractivity contribution in [1.29, 1.82) is 0 Å². The lowest BCUT2D eigenvalue weighted by Gasteiger charge is -2.26. The summed E-state index contributed by atoms with van der Waals surface area (Å²) in [5.74, 6) is 0.675. The standard InChI is InChI=1S/C22H21FN2O2/c1-26-18-10-11-20(23)19(13-18)15-6-5-9-17(12-15)22(14-27-21(24)25-22)16-7-3-2-4-8-16/h2-10,12-13,20H,11,14H2,1H3,(H2,24,25). The number of allylic oxidation sites excluding steroid dienone is 3. The largest absolute Gasteiger partial charge is 0.497 e. The van der Waals surface area contributed by atoms with Crippen molar-refractivity contribution in [1.82, 2.24) is 0 Å². The maximum absolute atomic E-state index is 14.6. The van der Waals surface area contributed by atoms with Gasteiger partial charge in [0.15, 0.2) is 5.54 Å². The summed E-state index contributed by atoms with van der Waals surface area (Å²) in [7, 11) is 1.59. The summed E-state index contributed by atoms with van der Waals surface area (Å²) in [4.78, 5) is 4.62. The maximum atomic E-state index is 14.6. The number of nitrogens with zero attached hydrogens (tertiary/aromatic N) is 1. The highest BCUT2D eigenvalue weighted by molar-refractivity contribution is 5.76. The molecule has 1 aliphatic heterocycles. The second kappa shape index (κ2) is 6.91. The van der Waals surface area contributed by atoms with E-state index < -0.39 is 11.7 Å². The number of nitrogens with two attached hydrogens (primary N) is 1. The second-order valence-corrected chi connectivity index (χ2v) is 6.66. The SMILES string of the molecule is COC1=CCC(F)C(c2cccc(C3(c4ccccc4)COC(N)=N3)c2)=C1. The Morgan fingerprint density at radius 3 is 2.63 bits per heavy atom. The van der Waals surface area contributed by atoms with Crippen molar-refractivity contribution in [2.24, 2.45) is 10.7 Å². The lowest BCUT2D eigenvalue weighted by atomic mass is 9.82. The van der Waals surface area contributed by atoms with Crippen molar-refractivity contribution in [3.05, 3.63) is 89.2 Å². The first-order valence-corrected chi connectivity index (χ1v) is 8.87. The Hall–Kier alpha value is -3.08. The Bertz CT molecular complexity index is 936. The summed E-state index contributed by atoms with van der Waals surface area (Å²) >= 11 is 0. The van der Waals surface area contributed by atoms with Crippen LogP contribution in [0.25, 0.3) is 5.57 Å². The molecule has 0 bridgehead atoms. The molecular weight excluding hydrogens is 343 g/mol. The molecule has 5 heteroatoms. The lowest BCUT2D eigenvalue weighted by Crippen LogP contribution is -2.27. The number of alkyl halides is 1. The first-order valence-electron chi connectivity index (χ1n) is 8.87. The molecule has 0 saturated heterocycles. The molecule has 0 fully saturated rings. The van der Waals surface area contributed by atoms with Gasteiger partial charge in [-0.05, 0) is 40.5 Å². The second-order valence-electron chi connectivity index (χ2n) is 6.66. The van der Waals surface area contributed by atoms with Gasteiger partial charge in [-0.25, -0.2) is 9.38 Å². The topological polar surface area (TPSA) is 56.8 Å². The number of amidine groups is 1. The minimum absolute atomic E-state index is 0.161. The quantitative estimate of drug-likeness (QED) is 0.894. The van der Waals surface area contributed by atoms with Crippen LogP contribution in [0.2, 0.25) is 0 Å². The molecule has 2 atom stereocenters. The van der Waals surface area contributed by atoms with Gasteiger partial charge in [0.2, 0.25) is 0 Å². The van der Waals surface area contributed by atoms with Gasteiger partial charge in [0.1, 0.15) is 18.5 Å². The Labute approximate surface area is 157 Å². The number of aliphatic imine (C=N–C) groups is 1. The molecule has 2 aromatic carbocycles. The van der Waals surface area contributed by atoms with Crippen LogP contribution >= 0.6 is 0 Å². The predicted molar refractivity (Wildman–Crippen MR) is 104 cm³/mol. The van der Waals surface area contributed by atoms with Crippen LogP contribution < -0.4 is 5.73 Å². The Morgan fingerprint density at radius 1 is 1.15 bits per heavy atom. The zero-order valence-corrected chi connectivity index (χ0v) is 15.1. The summed E-state index contributed by atoms with van der Waals surface area (Å²) < 4.78 is 25.4. The molecule has 2 aromatic rings. The molecule has 2 N–H and O–H groups in total. The summed E-state index contributed by atoms with van der Waals surface area (Å²) in [6, 6.07) is 17.8. The van der Waals surface area contributed by atoms with Crippen molar-refractivity contribution in [3.63, 3.8) is 0 Å². The molecule has 138 valence electrons. The van der Waals surface area contributed by atoms with E-state index >= 15 is 0 Å². The van der Waals surface area contributed by atoms with Crippen LogP contribution in [0.15, 0.2) is 77.5 Å². The van der Waals surface area contributed by atoms with Gasteiger partial charge in [0.05, 0.1) is 7.11 Å². The molecule has 0 amide bonds. The highest BCUT2D eigenvalue weighted by Gasteiger charge is 2.40. The van der Waals surface area contributed by atoms with Crippen molar-refractivity contribution < 1.29 is 13.9 Å². The molecule has 0 spiro atoms. The zero-order valence-electron chi connectivity index (χ0n) is 15.1. The maximum Gasteiger partial charge on any atom is 0.283 e. The zero-order chi connectivity index (χ0) is 18.9. The molecule has 27 heavy (non-hydrogen) atoms. The van der Waals surface area contributed by atoms with E-state index in [0.29, 0.717) is 24.4 Å². The molecule has 1 heterocycles. The van der Waals surface area contributed by atoms with Crippen LogP contribution in [-0.2, 0) is 15.0 Å². The highest BCUT2D eigenvalue weighted by Crippen LogP contribution is 2.39. The van der Waals surface area contributed by atoms with Gasteiger partial charge in [0.25, 0.3) is 6.02 Å². The summed E-state index contributed by atoms with van der Waals surface area (Å²) in [5, 5.41) is 0. The van der Waals surface area contributed by atoms with Crippen molar-refractivity contribution in [2.45, 2.75) is 18.1 Å². The molecule has 2 aliphatic rings. The highest BCUT2D eigenvalue weighted by atomic mass is 19.1. The van der Waals surface area contributed by atoms with Gasteiger partial charge >= 0.3 is 0 Å². The number of methoxy groups -OCH3 is 1. The lowest BCUT2D eigenvalue weighted by molar-refractivity contribution is 0.278. The van der Waals surface area contributed by atoms with Crippen LogP contribution in [0, 0.1) is 0 Å². The first kappa shape index (κ1) is 17.3. The van der Waals surface area contributed by atoms with E-state index in [1.165, 1.54) is 0 Å². The van der Waals surface area contributed by atoms with Crippen molar-refractivity contribution in [2.75, 3.05) is 13.7 Å². The fourth-order valence-electron chi connectivity index (χ4n) is 3.62. The molecule has 0 radical (unpaired) electrons. The monoisotopic (exact) mass is 364 g/mol. The van der Waals surface area contributed by atoms with Crippen LogP contribution in [0.1, 0.15) is 23.1 Å². The molecule has 1 aliphatic carbocycles. The van der Waals surface area contributed by atoms with Crippen LogP contribution in [0.5, 0.6) is 0 Å². The fourth-order valence-corrected chi connectivity index (χ4v) is 3.62.